The van der Waals surface area contributed by atoms with Crippen LogP contribution < -0.4 is 0 Å². The van der Waals surface area contributed by atoms with Crippen molar-refractivity contribution in [3.05, 3.63) is 59.7 Å². The highest BCUT2D eigenvalue weighted by atomic mass is 16.6. The summed E-state index contributed by atoms with van der Waals surface area (Å²) in [4.78, 5) is 27.9. The summed E-state index contributed by atoms with van der Waals surface area (Å²) in [5, 5.41) is 0. The summed E-state index contributed by atoms with van der Waals surface area (Å²) in [7, 11) is 0. The number of hydrogen-bond donors (Lipinski definition) is 0. The molecule has 2 saturated heterocycles. The van der Waals surface area contributed by atoms with E-state index in [2.05, 4.69) is 48.5 Å². The monoisotopic (exact) mass is 447 g/mol. The van der Waals surface area contributed by atoms with E-state index in [1.165, 1.54) is 22.3 Å². The minimum atomic E-state index is -0.216. The number of carbonyl (C=O) groups is 2. The van der Waals surface area contributed by atoms with Crippen LogP contribution in [-0.2, 0) is 14.3 Å². The smallest absolute Gasteiger partial charge is 0.410 e. The first-order chi connectivity index (χ1) is 16.2. The quantitative estimate of drug-likeness (QED) is 0.521. The Labute approximate surface area is 196 Å². The lowest BCUT2D eigenvalue weighted by molar-refractivity contribution is -0.127. The Morgan fingerprint density at radius 1 is 0.939 bits per heavy atom. The van der Waals surface area contributed by atoms with E-state index in [4.69, 9.17) is 9.47 Å². The first kappa shape index (κ1) is 22.1. The molecule has 2 bridgehead atoms. The third kappa shape index (κ3) is 4.31. The molecular weight excluding hydrogens is 414 g/mol. The second-order valence-electron chi connectivity index (χ2n) is 9.53. The molecule has 5 nitrogen and oxygen atoms in total. The van der Waals surface area contributed by atoms with Gasteiger partial charge < -0.3 is 14.4 Å². The van der Waals surface area contributed by atoms with Gasteiger partial charge in [-0.3, -0.25) is 4.79 Å². The average Bonchev–Trinajstić information content (AvgIpc) is 3.15. The zero-order valence-corrected chi connectivity index (χ0v) is 19.4. The molecule has 1 aliphatic carbocycles. The Bertz CT molecular complexity index is 959. The number of benzene rings is 2. The molecule has 2 aromatic carbocycles. The van der Waals surface area contributed by atoms with Crippen LogP contribution >= 0.6 is 0 Å². The van der Waals surface area contributed by atoms with Gasteiger partial charge >= 0.3 is 6.09 Å². The van der Waals surface area contributed by atoms with Crippen molar-refractivity contribution in [2.45, 2.75) is 63.5 Å². The van der Waals surface area contributed by atoms with Gasteiger partial charge in [-0.25, -0.2) is 4.79 Å². The summed E-state index contributed by atoms with van der Waals surface area (Å²) in [6.45, 7) is 3.43. The van der Waals surface area contributed by atoms with Gasteiger partial charge in [-0.2, -0.15) is 0 Å². The fourth-order valence-electron chi connectivity index (χ4n) is 6.13. The Kier molecular flexibility index (Phi) is 6.50. The van der Waals surface area contributed by atoms with Gasteiger partial charge in [0.15, 0.2) is 0 Å². The number of Topliss-reactive ketones (excluding diaryl/α,β-unsaturated/α-hetero) is 1. The number of fused-ring (bicyclic) bond motifs is 5. The number of carbonyl (C=O) groups excluding carboxylic acids is 2. The van der Waals surface area contributed by atoms with E-state index in [0.29, 0.717) is 26.2 Å². The normalized spacial score (nSPS) is 23.7. The van der Waals surface area contributed by atoms with Gasteiger partial charge in [0.25, 0.3) is 0 Å². The van der Waals surface area contributed by atoms with Gasteiger partial charge in [0.05, 0.1) is 6.61 Å². The fourth-order valence-corrected chi connectivity index (χ4v) is 6.13. The lowest BCUT2D eigenvalue weighted by atomic mass is 9.76. The first-order valence-electron chi connectivity index (χ1n) is 12.4. The van der Waals surface area contributed by atoms with E-state index in [9.17, 15) is 9.59 Å². The molecule has 2 aromatic rings. The minimum Gasteiger partial charge on any atom is -0.448 e. The van der Waals surface area contributed by atoms with Crippen molar-refractivity contribution in [2.75, 3.05) is 19.8 Å². The fraction of sp³-hybridized carbons (Fsp3) is 0.500. The zero-order chi connectivity index (χ0) is 22.8. The van der Waals surface area contributed by atoms with E-state index in [0.717, 1.165) is 32.1 Å². The molecule has 2 fully saturated rings. The second kappa shape index (κ2) is 9.68. The Morgan fingerprint density at radius 3 is 2.15 bits per heavy atom. The highest BCUT2D eigenvalue weighted by Gasteiger charge is 2.43. The van der Waals surface area contributed by atoms with Crippen molar-refractivity contribution in [3.63, 3.8) is 0 Å². The molecule has 1 amide bonds. The van der Waals surface area contributed by atoms with Crippen LogP contribution in [0.3, 0.4) is 0 Å². The van der Waals surface area contributed by atoms with Crippen molar-refractivity contribution in [1.82, 2.24) is 4.90 Å². The molecule has 5 heteroatoms. The minimum absolute atomic E-state index is 0.0402. The lowest BCUT2D eigenvalue weighted by Crippen LogP contribution is -2.56. The molecule has 5 rings (SSSR count). The number of ether oxygens (including phenoxy) is 2. The maximum atomic E-state index is 13.3. The molecule has 0 saturated carbocycles. The number of hydrogen-bond acceptors (Lipinski definition) is 4. The third-order valence-corrected chi connectivity index (χ3v) is 7.67. The Morgan fingerprint density at radius 2 is 1.55 bits per heavy atom. The number of ketones is 1. The summed E-state index contributed by atoms with van der Waals surface area (Å²) in [6, 6.07) is 17.0. The summed E-state index contributed by atoms with van der Waals surface area (Å²) in [5.41, 5.74) is 4.92. The molecule has 3 aliphatic rings. The van der Waals surface area contributed by atoms with E-state index >= 15 is 0 Å². The highest BCUT2D eigenvalue weighted by Crippen LogP contribution is 2.45. The lowest BCUT2D eigenvalue weighted by Gasteiger charge is -2.47. The number of amides is 1. The molecular formula is C28H33NO4. The molecule has 0 radical (unpaired) electrons. The maximum Gasteiger partial charge on any atom is 0.410 e. The maximum absolute atomic E-state index is 13.3. The van der Waals surface area contributed by atoms with Crippen LogP contribution in [0.1, 0.15) is 62.5 Å². The van der Waals surface area contributed by atoms with Crippen LogP contribution in [0, 0.1) is 5.92 Å². The molecule has 0 aromatic heterocycles. The molecule has 174 valence electrons. The predicted molar refractivity (Wildman–Crippen MR) is 127 cm³/mol. The summed E-state index contributed by atoms with van der Waals surface area (Å²) >= 11 is 0. The average molecular weight is 448 g/mol. The van der Waals surface area contributed by atoms with Gasteiger partial charge in [0.2, 0.25) is 0 Å². The standard InChI is InChI=1S/C28H33NO4/c1-2-32-15-14-27(30)19-16-20-8-7-9-21(17-19)29(20)28(31)33-18-26-24-12-5-3-10-22(24)23-11-4-6-13-25(23)26/h3-6,10-13,19-21,26H,2,7-9,14-18H2,1H3. The Balaban J connectivity index is 1.25. The summed E-state index contributed by atoms with van der Waals surface area (Å²) in [6.07, 6.45) is 4.79. The predicted octanol–water partition coefficient (Wildman–Crippen LogP) is 5.56. The van der Waals surface area contributed by atoms with Crippen LogP contribution in [0.2, 0.25) is 0 Å². The van der Waals surface area contributed by atoms with Gasteiger partial charge in [-0.15, -0.1) is 0 Å². The molecule has 2 aliphatic heterocycles. The van der Waals surface area contributed by atoms with E-state index in [1.54, 1.807) is 0 Å². The van der Waals surface area contributed by atoms with Crippen LogP contribution in [0.25, 0.3) is 11.1 Å². The van der Waals surface area contributed by atoms with Crippen molar-refractivity contribution in [2.24, 2.45) is 5.92 Å². The van der Waals surface area contributed by atoms with Crippen molar-refractivity contribution in [1.29, 1.82) is 0 Å². The molecule has 2 atom stereocenters. The van der Waals surface area contributed by atoms with Gasteiger partial charge in [0, 0.05) is 36.9 Å². The summed E-state index contributed by atoms with van der Waals surface area (Å²) in [5.74, 6) is 0.393. The molecule has 0 N–H and O–H groups in total. The number of rotatable bonds is 7. The molecule has 2 unspecified atom stereocenters. The number of nitrogens with zero attached hydrogens (tertiary/aromatic N) is 1. The van der Waals surface area contributed by atoms with Crippen molar-refractivity contribution >= 4 is 11.9 Å². The highest BCUT2D eigenvalue weighted by molar-refractivity contribution is 5.82. The van der Waals surface area contributed by atoms with Crippen LogP contribution in [0.5, 0.6) is 0 Å². The third-order valence-electron chi connectivity index (χ3n) is 7.67. The molecule has 0 spiro atoms. The van der Waals surface area contributed by atoms with Crippen molar-refractivity contribution in [3.8, 4) is 11.1 Å². The Hall–Kier alpha value is -2.66. The largest absolute Gasteiger partial charge is 0.448 e. The SMILES string of the molecule is CCOCCC(=O)C1CC2CCCC(C1)N2C(=O)OCC1c2ccccc2-c2ccccc21. The first-order valence-corrected chi connectivity index (χ1v) is 12.4. The summed E-state index contributed by atoms with van der Waals surface area (Å²) < 4.78 is 11.3. The topological polar surface area (TPSA) is 55.8 Å². The van der Waals surface area contributed by atoms with E-state index < -0.39 is 0 Å². The van der Waals surface area contributed by atoms with Crippen LogP contribution in [0.4, 0.5) is 4.79 Å². The van der Waals surface area contributed by atoms with Crippen LogP contribution in [0.15, 0.2) is 48.5 Å². The number of piperidine rings is 2. The van der Waals surface area contributed by atoms with Gasteiger partial charge in [-0.1, -0.05) is 48.5 Å². The second-order valence-corrected chi connectivity index (χ2v) is 9.53. The van der Waals surface area contributed by atoms with Gasteiger partial charge in [0.1, 0.15) is 12.4 Å². The zero-order valence-electron chi connectivity index (χ0n) is 19.4. The molecule has 33 heavy (non-hydrogen) atoms. The van der Waals surface area contributed by atoms with Crippen molar-refractivity contribution < 1.29 is 19.1 Å². The van der Waals surface area contributed by atoms with E-state index in [1.807, 2.05) is 11.8 Å². The van der Waals surface area contributed by atoms with Gasteiger partial charge in [-0.05, 0) is 61.3 Å². The van der Waals surface area contributed by atoms with Crippen LogP contribution in [-0.4, -0.2) is 48.7 Å². The molecule has 2 heterocycles. The van der Waals surface area contributed by atoms with E-state index in [-0.39, 0.29) is 35.8 Å².